The number of nitrogens with zero attached hydrogens (tertiary/aromatic N) is 1. The SMILES string of the molecule is CNS(=O)(=O)NC1CCN(C(=O)NC2CCOc3ccccc32)CC1. The van der Waals surface area contributed by atoms with Gasteiger partial charge in [-0.1, -0.05) is 18.2 Å². The maximum Gasteiger partial charge on any atom is 0.317 e. The zero-order valence-corrected chi connectivity index (χ0v) is 15.0. The zero-order chi connectivity index (χ0) is 17.9. The average Bonchev–Trinajstić information content (AvgIpc) is 2.62. The lowest BCUT2D eigenvalue weighted by atomic mass is 10.0. The molecule has 25 heavy (non-hydrogen) atoms. The van der Waals surface area contributed by atoms with Crippen molar-refractivity contribution in [3.05, 3.63) is 29.8 Å². The predicted molar refractivity (Wildman–Crippen MR) is 93.5 cm³/mol. The van der Waals surface area contributed by atoms with Crippen LogP contribution >= 0.6 is 0 Å². The van der Waals surface area contributed by atoms with Gasteiger partial charge in [-0.05, 0) is 18.9 Å². The Balaban J connectivity index is 1.54. The summed E-state index contributed by atoms with van der Waals surface area (Å²) >= 11 is 0. The van der Waals surface area contributed by atoms with E-state index in [0.29, 0.717) is 32.5 Å². The van der Waals surface area contributed by atoms with E-state index in [-0.39, 0.29) is 18.1 Å². The van der Waals surface area contributed by atoms with Crippen LogP contribution in [0.2, 0.25) is 0 Å². The second-order valence-corrected chi connectivity index (χ2v) is 7.91. The Kier molecular flexibility index (Phi) is 5.45. The molecule has 8 nitrogen and oxygen atoms in total. The van der Waals surface area contributed by atoms with Crippen molar-refractivity contribution < 1.29 is 17.9 Å². The maximum absolute atomic E-state index is 12.5. The van der Waals surface area contributed by atoms with Gasteiger partial charge in [0.2, 0.25) is 0 Å². The molecule has 1 fully saturated rings. The molecule has 1 aromatic carbocycles. The molecule has 2 aliphatic heterocycles. The van der Waals surface area contributed by atoms with E-state index in [4.69, 9.17) is 4.74 Å². The van der Waals surface area contributed by atoms with Crippen molar-refractivity contribution in [2.45, 2.75) is 31.3 Å². The van der Waals surface area contributed by atoms with E-state index in [2.05, 4.69) is 14.8 Å². The van der Waals surface area contributed by atoms with Crippen LogP contribution in [0, 0.1) is 0 Å². The quantitative estimate of drug-likeness (QED) is 0.730. The van der Waals surface area contributed by atoms with Crippen molar-refractivity contribution in [3.63, 3.8) is 0 Å². The summed E-state index contributed by atoms with van der Waals surface area (Å²) in [6.45, 7) is 1.62. The fourth-order valence-electron chi connectivity index (χ4n) is 3.21. The molecule has 3 rings (SSSR count). The summed E-state index contributed by atoms with van der Waals surface area (Å²) in [4.78, 5) is 14.3. The highest BCUT2D eigenvalue weighted by Crippen LogP contribution is 2.31. The number of carbonyl (C=O) groups excluding carboxylic acids is 1. The number of ether oxygens (including phenoxy) is 1. The van der Waals surface area contributed by atoms with Crippen LogP contribution in [0.25, 0.3) is 0 Å². The van der Waals surface area contributed by atoms with Crippen LogP contribution in [0.1, 0.15) is 30.9 Å². The smallest absolute Gasteiger partial charge is 0.317 e. The monoisotopic (exact) mass is 368 g/mol. The molecule has 1 aromatic rings. The summed E-state index contributed by atoms with van der Waals surface area (Å²) in [5, 5.41) is 3.08. The van der Waals surface area contributed by atoms with Crippen molar-refractivity contribution in [1.82, 2.24) is 19.7 Å². The number of nitrogens with one attached hydrogen (secondary N) is 3. The third-order valence-corrected chi connectivity index (χ3v) is 5.81. The normalized spacial score (nSPS) is 21.3. The van der Waals surface area contributed by atoms with Gasteiger partial charge in [-0.2, -0.15) is 13.1 Å². The van der Waals surface area contributed by atoms with Gasteiger partial charge in [0, 0.05) is 38.2 Å². The van der Waals surface area contributed by atoms with Gasteiger partial charge in [0.15, 0.2) is 0 Å². The number of piperidine rings is 1. The van der Waals surface area contributed by atoms with E-state index in [9.17, 15) is 13.2 Å². The van der Waals surface area contributed by atoms with Crippen molar-refractivity contribution >= 4 is 16.2 Å². The van der Waals surface area contributed by atoms with Crippen LogP contribution in [0.15, 0.2) is 24.3 Å². The molecule has 2 amide bonds. The molecule has 0 aromatic heterocycles. The molecular weight excluding hydrogens is 344 g/mol. The maximum atomic E-state index is 12.5. The highest BCUT2D eigenvalue weighted by molar-refractivity contribution is 7.87. The zero-order valence-electron chi connectivity index (χ0n) is 14.2. The lowest BCUT2D eigenvalue weighted by Crippen LogP contribution is -2.51. The second kappa shape index (κ2) is 7.59. The summed E-state index contributed by atoms with van der Waals surface area (Å²) in [6.07, 6.45) is 1.93. The Morgan fingerprint density at radius 1 is 1.20 bits per heavy atom. The average molecular weight is 368 g/mol. The summed E-state index contributed by atoms with van der Waals surface area (Å²) < 4.78 is 33.5. The van der Waals surface area contributed by atoms with E-state index >= 15 is 0 Å². The number of rotatable bonds is 4. The first-order valence-corrected chi connectivity index (χ1v) is 9.95. The Labute approximate surface area is 148 Å². The topological polar surface area (TPSA) is 99.8 Å². The minimum Gasteiger partial charge on any atom is -0.493 e. The molecule has 2 heterocycles. The number of para-hydroxylation sites is 1. The van der Waals surface area contributed by atoms with Gasteiger partial charge in [-0.25, -0.2) is 9.52 Å². The van der Waals surface area contributed by atoms with Gasteiger partial charge >= 0.3 is 6.03 Å². The Morgan fingerprint density at radius 3 is 2.64 bits per heavy atom. The molecular formula is C16H24N4O4S. The first-order chi connectivity index (χ1) is 12.0. The first-order valence-electron chi connectivity index (χ1n) is 8.46. The molecule has 0 aliphatic carbocycles. The first kappa shape index (κ1) is 18.0. The molecule has 0 bridgehead atoms. The molecule has 2 aliphatic rings. The van der Waals surface area contributed by atoms with Crippen LogP contribution in [0.5, 0.6) is 5.75 Å². The van der Waals surface area contributed by atoms with E-state index < -0.39 is 10.2 Å². The van der Waals surface area contributed by atoms with Gasteiger partial charge in [-0.3, -0.25) is 0 Å². The van der Waals surface area contributed by atoms with Crippen molar-refractivity contribution in [2.75, 3.05) is 26.7 Å². The largest absolute Gasteiger partial charge is 0.493 e. The number of hydrogen-bond donors (Lipinski definition) is 3. The van der Waals surface area contributed by atoms with Crippen molar-refractivity contribution in [3.8, 4) is 5.75 Å². The van der Waals surface area contributed by atoms with Crippen LogP contribution in [0.3, 0.4) is 0 Å². The molecule has 0 saturated carbocycles. The van der Waals surface area contributed by atoms with Gasteiger partial charge in [0.1, 0.15) is 5.75 Å². The summed E-state index contributed by atoms with van der Waals surface area (Å²) in [7, 11) is -2.07. The summed E-state index contributed by atoms with van der Waals surface area (Å²) in [6, 6.07) is 7.41. The number of carbonyl (C=O) groups is 1. The summed E-state index contributed by atoms with van der Waals surface area (Å²) in [5.41, 5.74) is 0.999. The Hall–Kier alpha value is -1.84. The molecule has 138 valence electrons. The number of urea groups is 1. The predicted octanol–water partition coefficient (Wildman–Crippen LogP) is 0.738. The number of fused-ring (bicyclic) bond motifs is 1. The van der Waals surface area contributed by atoms with E-state index in [1.54, 1.807) is 4.90 Å². The third-order valence-electron chi connectivity index (χ3n) is 4.63. The minimum atomic E-state index is -3.45. The molecule has 9 heteroatoms. The van der Waals surface area contributed by atoms with Gasteiger partial charge in [0.05, 0.1) is 12.6 Å². The molecule has 0 spiro atoms. The molecule has 1 saturated heterocycles. The van der Waals surface area contributed by atoms with E-state index in [1.165, 1.54) is 7.05 Å². The molecule has 0 radical (unpaired) electrons. The van der Waals surface area contributed by atoms with Crippen LogP contribution < -0.4 is 19.5 Å². The van der Waals surface area contributed by atoms with Crippen LogP contribution in [0.4, 0.5) is 4.79 Å². The highest BCUT2D eigenvalue weighted by atomic mass is 32.2. The molecule has 1 unspecified atom stereocenters. The number of amides is 2. The van der Waals surface area contributed by atoms with E-state index in [1.807, 2.05) is 24.3 Å². The molecule has 1 atom stereocenters. The lowest BCUT2D eigenvalue weighted by molar-refractivity contribution is 0.170. The van der Waals surface area contributed by atoms with Gasteiger partial charge in [-0.15, -0.1) is 0 Å². The minimum absolute atomic E-state index is 0.0574. The van der Waals surface area contributed by atoms with E-state index in [0.717, 1.165) is 17.7 Å². The lowest BCUT2D eigenvalue weighted by Gasteiger charge is -2.34. The van der Waals surface area contributed by atoms with Crippen LogP contribution in [-0.4, -0.2) is 52.1 Å². The van der Waals surface area contributed by atoms with Gasteiger partial charge < -0.3 is 15.0 Å². The standard InChI is InChI=1S/C16H24N4O4S/c1-17-25(22,23)19-12-6-9-20(10-7-12)16(21)18-14-8-11-24-15-5-3-2-4-13(14)15/h2-5,12,14,17,19H,6-11H2,1H3,(H,18,21). The van der Waals surface area contributed by atoms with Crippen molar-refractivity contribution in [2.24, 2.45) is 0 Å². The highest BCUT2D eigenvalue weighted by Gasteiger charge is 2.28. The van der Waals surface area contributed by atoms with Crippen molar-refractivity contribution in [1.29, 1.82) is 0 Å². The fourth-order valence-corrected chi connectivity index (χ4v) is 4.00. The molecule has 3 N–H and O–H groups in total. The second-order valence-electron chi connectivity index (χ2n) is 6.26. The Morgan fingerprint density at radius 2 is 1.92 bits per heavy atom. The number of likely N-dealkylation sites (tertiary alicyclic amines) is 1. The fraction of sp³-hybridized carbons (Fsp3) is 0.562. The number of hydrogen-bond acceptors (Lipinski definition) is 4. The summed E-state index contributed by atoms with van der Waals surface area (Å²) in [5.74, 6) is 0.819. The Bertz CT molecular complexity index is 717. The van der Waals surface area contributed by atoms with Crippen LogP contribution in [-0.2, 0) is 10.2 Å². The van der Waals surface area contributed by atoms with Gasteiger partial charge in [0.25, 0.3) is 10.2 Å². The third kappa shape index (κ3) is 4.42. The number of benzene rings is 1.